The monoisotopic (exact) mass is 398 g/mol. The number of thiophene rings is 1. The molecule has 2 amide bonds. The molecule has 0 unspecified atom stereocenters. The summed E-state index contributed by atoms with van der Waals surface area (Å²) in [5.74, 6) is -0.182. The molecule has 0 spiro atoms. The summed E-state index contributed by atoms with van der Waals surface area (Å²) in [6, 6.07) is 9.68. The fourth-order valence-electron chi connectivity index (χ4n) is 3.42. The van der Waals surface area contributed by atoms with Crippen LogP contribution in [-0.4, -0.2) is 60.4 Å². The molecule has 148 valence electrons. The second-order valence-corrected chi connectivity index (χ2v) is 8.31. The molecule has 6 nitrogen and oxygen atoms in total. The summed E-state index contributed by atoms with van der Waals surface area (Å²) in [4.78, 5) is 29.5. The normalized spacial score (nSPS) is 18.0. The molecule has 7 heteroatoms. The van der Waals surface area contributed by atoms with E-state index < -0.39 is 0 Å². The average Bonchev–Trinajstić information content (AvgIpc) is 3.36. The van der Waals surface area contributed by atoms with Crippen molar-refractivity contribution >= 4 is 28.8 Å². The van der Waals surface area contributed by atoms with E-state index in [1.807, 2.05) is 12.1 Å². The lowest BCUT2D eigenvalue weighted by Crippen LogP contribution is -2.48. The van der Waals surface area contributed by atoms with E-state index in [0.717, 1.165) is 45.6 Å². The average molecular weight is 399 g/mol. The number of rotatable bonds is 7. The third-order valence-electron chi connectivity index (χ3n) is 5.18. The lowest BCUT2D eigenvalue weighted by Gasteiger charge is -2.34. The molecule has 0 bridgehead atoms. The Bertz CT molecular complexity index is 812. The number of anilines is 1. The largest absolute Gasteiger partial charge is 0.349 e. The molecule has 1 saturated heterocycles. The van der Waals surface area contributed by atoms with Crippen molar-refractivity contribution in [1.29, 1.82) is 0 Å². The van der Waals surface area contributed by atoms with Crippen LogP contribution in [0, 0.1) is 0 Å². The molecular weight excluding hydrogens is 372 g/mol. The van der Waals surface area contributed by atoms with Gasteiger partial charge in [0.2, 0.25) is 5.91 Å². The van der Waals surface area contributed by atoms with E-state index in [-0.39, 0.29) is 11.8 Å². The highest BCUT2D eigenvalue weighted by molar-refractivity contribution is 7.07. The summed E-state index contributed by atoms with van der Waals surface area (Å²) in [6.45, 7) is 5.01. The molecule has 28 heavy (non-hydrogen) atoms. The van der Waals surface area contributed by atoms with E-state index in [4.69, 9.17) is 0 Å². The van der Waals surface area contributed by atoms with Gasteiger partial charge >= 0.3 is 0 Å². The van der Waals surface area contributed by atoms with E-state index in [0.29, 0.717) is 23.8 Å². The molecule has 2 aliphatic rings. The molecule has 1 aromatic heterocycles. The van der Waals surface area contributed by atoms with Crippen molar-refractivity contribution in [3.63, 3.8) is 0 Å². The fourth-order valence-corrected chi connectivity index (χ4v) is 4.08. The number of carbonyl (C=O) groups excluding carboxylic acids is 2. The number of carbonyl (C=O) groups is 2. The van der Waals surface area contributed by atoms with Crippen LogP contribution in [0.2, 0.25) is 0 Å². The van der Waals surface area contributed by atoms with Gasteiger partial charge in [0.15, 0.2) is 0 Å². The SMILES string of the molecule is O=C(CN1CCN(Cc2ccsc2)CC1)Nc1ccccc1C(=O)NC1CC1. The lowest BCUT2D eigenvalue weighted by molar-refractivity contribution is -0.117. The quantitative estimate of drug-likeness (QED) is 0.752. The highest BCUT2D eigenvalue weighted by atomic mass is 32.1. The van der Waals surface area contributed by atoms with Crippen molar-refractivity contribution < 1.29 is 9.59 Å². The van der Waals surface area contributed by atoms with Crippen molar-refractivity contribution in [1.82, 2.24) is 15.1 Å². The van der Waals surface area contributed by atoms with Crippen LogP contribution < -0.4 is 10.6 Å². The fraction of sp³-hybridized carbons (Fsp3) is 0.429. The van der Waals surface area contributed by atoms with Crippen molar-refractivity contribution in [3.05, 3.63) is 52.2 Å². The van der Waals surface area contributed by atoms with E-state index in [2.05, 4.69) is 37.3 Å². The zero-order chi connectivity index (χ0) is 19.3. The molecule has 1 aromatic carbocycles. The summed E-state index contributed by atoms with van der Waals surface area (Å²) in [5.41, 5.74) is 2.47. The highest BCUT2D eigenvalue weighted by Gasteiger charge is 2.25. The smallest absolute Gasteiger partial charge is 0.253 e. The Hall–Kier alpha value is -2.22. The predicted octanol–water partition coefficient (Wildman–Crippen LogP) is 2.40. The van der Waals surface area contributed by atoms with Crippen molar-refractivity contribution in [2.45, 2.75) is 25.4 Å². The minimum absolute atomic E-state index is 0.0713. The van der Waals surface area contributed by atoms with Gasteiger partial charge in [0.1, 0.15) is 0 Å². The zero-order valence-corrected chi connectivity index (χ0v) is 16.7. The van der Waals surface area contributed by atoms with Crippen molar-refractivity contribution in [3.8, 4) is 0 Å². The molecule has 2 fully saturated rings. The van der Waals surface area contributed by atoms with E-state index in [1.165, 1.54) is 5.56 Å². The Morgan fingerprint density at radius 2 is 1.79 bits per heavy atom. The van der Waals surface area contributed by atoms with Gasteiger partial charge in [-0.3, -0.25) is 19.4 Å². The number of hydrogen-bond acceptors (Lipinski definition) is 5. The van der Waals surface area contributed by atoms with E-state index in [9.17, 15) is 9.59 Å². The van der Waals surface area contributed by atoms with Gasteiger partial charge in [-0.05, 0) is 47.4 Å². The van der Waals surface area contributed by atoms with Gasteiger partial charge in [-0.1, -0.05) is 12.1 Å². The highest BCUT2D eigenvalue weighted by Crippen LogP contribution is 2.21. The van der Waals surface area contributed by atoms with E-state index in [1.54, 1.807) is 23.5 Å². The van der Waals surface area contributed by atoms with Crippen LogP contribution in [0.15, 0.2) is 41.1 Å². The lowest BCUT2D eigenvalue weighted by atomic mass is 10.1. The third-order valence-corrected chi connectivity index (χ3v) is 5.91. The van der Waals surface area contributed by atoms with Crippen LogP contribution in [0.25, 0.3) is 0 Å². The summed E-state index contributed by atoms with van der Waals surface area (Å²) < 4.78 is 0. The van der Waals surface area contributed by atoms with Gasteiger partial charge in [-0.15, -0.1) is 0 Å². The van der Waals surface area contributed by atoms with Gasteiger partial charge in [-0.25, -0.2) is 0 Å². The summed E-state index contributed by atoms with van der Waals surface area (Å²) >= 11 is 1.73. The molecule has 1 saturated carbocycles. The number of benzene rings is 1. The number of piperazine rings is 1. The topological polar surface area (TPSA) is 64.7 Å². The first-order chi connectivity index (χ1) is 13.7. The molecule has 2 N–H and O–H groups in total. The van der Waals surface area contributed by atoms with Crippen LogP contribution in [0.4, 0.5) is 5.69 Å². The minimum atomic E-state index is -0.111. The second-order valence-electron chi connectivity index (χ2n) is 7.53. The molecule has 2 heterocycles. The standard InChI is InChI=1S/C21H26N4O2S/c26-20(14-25-10-8-24(9-11-25)13-16-7-12-28-15-16)23-19-4-2-1-3-18(19)21(27)22-17-5-6-17/h1-4,7,12,15,17H,5-6,8-11,13-14H2,(H,22,27)(H,23,26). The van der Waals surface area contributed by atoms with Gasteiger partial charge in [0, 0.05) is 38.8 Å². The summed E-state index contributed by atoms with van der Waals surface area (Å²) in [7, 11) is 0. The van der Waals surface area contributed by atoms with Crippen LogP contribution >= 0.6 is 11.3 Å². The minimum Gasteiger partial charge on any atom is -0.349 e. The number of nitrogens with zero attached hydrogens (tertiary/aromatic N) is 2. The molecule has 1 aliphatic carbocycles. The second kappa shape index (κ2) is 8.86. The van der Waals surface area contributed by atoms with Gasteiger partial charge in [-0.2, -0.15) is 11.3 Å². The Labute approximate surface area is 169 Å². The number of nitrogens with one attached hydrogen (secondary N) is 2. The predicted molar refractivity (Wildman–Crippen MR) is 112 cm³/mol. The maximum absolute atomic E-state index is 12.5. The third kappa shape index (κ3) is 5.19. The van der Waals surface area contributed by atoms with Crippen LogP contribution in [0.3, 0.4) is 0 Å². The Kier molecular flexibility index (Phi) is 6.04. The zero-order valence-electron chi connectivity index (χ0n) is 15.9. The first-order valence-corrected chi connectivity index (χ1v) is 10.8. The number of hydrogen-bond donors (Lipinski definition) is 2. The van der Waals surface area contributed by atoms with Crippen molar-refractivity contribution in [2.24, 2.45) is 0 Å². The molecule has 1 aliphatic heterocycles. The van der Waals surface area contributed by atoms with Gasteiger partial charge in [0.25, 0.3) is 5.91 Å². The van der Waals surface area contributed by atoms with E-state index >= 15 is 0 Å². The number of para-hydroxylation sites is 1. The molecule has 0 radical (unpaired) electrons. The first-order valence-electron chi connectivity index (χ1n) is 9.83. The van der Waals surface area contributed by atoms with Crippen LogP contribution in [0.5, 0.6) is 0 Å². The Morgan fingerprint density at radius 1 is 1.04 bits per heavy atom. The summed E-state index contributed by atoms with van der Waals surface area (Å²) in [5, 5.41) is 10.2. The number of amides is 2. The van der Waals surface area contributed by atoms with Crippen LogP contribution in [0.1, 0.15) is 28.8 Å². The van der Waals surface area contributed by atoms with Crippen LogP contribution in [-0.2, 0) is 11.3 Å². The molecule has 0 atom stereocenters. The maximum atomic E-state index is 12.5. The van der Waals surface area contributed by atoms with Gasteiger partial charge in [0.05, 0.1) is 17.8 Å². The molecular formula is C21H26N4O2S. The van der Waals surface area contributed by atoms with Crippen molar-refractivity contribution in [2.75, 3.05) is 38.0 Å². The Balaban J connectivity index is 1.26. The molecule has 4 rings (SSSR count). The summed E-state index contributed by atoms with van der Waals surface area (Å²) in [6.07, 6.45) is 2.08. The van der Waals surface area contributed by atoms with Gasteiger partial charge < -0.3 is 10.6 Å². The maximum Gasteiger partial charge on any atom is 0.253 e. The molecule has 2 aromatic rings. The Morgan fingerprint density at radius 3 is 2.50 bits per heavy atom. The first kappa shape index (κ1) is 19.1.